The van der Waals surface area contributed by atoms with E-state index in [4.69, 9.17) is 14.2 Å². The van der Waals surface area contributed by atoms with E-state index in [0.29, 0.717) is 17.6 Å². The highest BCUT2D eigenvalue weighted by Gasteiger charge is 2.37. The summed E-state index contributed by atoms with van der Waals surface area (Å²) in [4.78, 5) is 25.9. The minimum Gasteiger partial charge on any atom is -0.506 e. The van der Waals surface area contributed by atoms with Crippen molar-refractivity contribution in [2.24, 2.45) is 0 Å². The Labute approximate surface area is 224 Å². The fourth-order valence-corrected chi connectivity index (χ4v) is 3.79. The number of carbonyl (C=O) groups excluding carboxylic acids is 2. The Balaban J connectivity index is 1.88. The Kier molecular flexibility index (Phi) is 8.48. The fourth-order valence-electron chi connectivity index (χ4n) is 3.79. The van der Waals surface area contributed by atoms with Crippen LogP contribution in [0, 0.1) is 0 Å². The molecule has 39 heavy (non-hydrogen) atoms. The highest BCUT2D eigenvalue weighted by atomic mass is 19.4. The van der Waals surface area contributed by atoms with Crippen LogP contribution in [0.15, 0.2) is 54.6 Å². The van der Waals surface area contributed by atoms with Gasteiger partial charge in [-0.2, -0.15) is 13.2 Å². The van der Waals surface area contributed by atoms with Crippen LogP contribution in [0.2, 0.25) is 0 Å². The molecule has 0 aromatic heterocycles. The standard InChI is InChI=1S/C29H30F3NO6/c1-17(34)38-21-12-13-22(24(15-21)33(5)6)18-7-10-20(11-8-18)37-16-19-9-14-23(29(30,31)32)26(35)25(19)27(36)39-28(2,3)4/h7-15,35H,16H2,1-6H3. The number of hydrogen-bond donors (Lipinski definition) is 1. The molecule has 0 aliphatic rings. The zero-order valence-corrected chi connectivity index (χ0v) is 22.5. The van der Waals surface area contributed by atoms with Crippen molar-refractivity contribution in [3.8, 4) is 28.4 Å². The highest BCUT2D eigenvalue weighted by Crippen LogP contribution is 2.40. The van der Waals surface area contributed by atoms with E-state index in [1.165, 1.54) is 6.92 Å². The van der Waals surface area contributed by atoms with Crippen LogP contribution in [0.4, 0.5) is 18.9 Å². The number of alkyl halides is 3. The molecule has 0 saturated carbocycles. The lowest BCUT2D eigenvalue weighted by Crippen LogP contribution is -2.25. The van der Waals surface area contributed by atoms with E-state index in [9.17, 15) is 27.9 Å². The number of halogens is 3. The number of nitrogens with zero attached hydrogens (tertiary/aromatic N) is 1. The quantitative estimate of drug-likeness (QED) is 0.264. The monoisotopic (exact) mass is 545 g/mol. The van der Waals surface area contributed by atoms with Gasteiger partial charge in [0.15, 0.2) is 0 Å². The zero-order valence-electron chi connectivity index (χ0n) is 22.5. The number of phenols is 1. The molecule has 10 heteroatoms. The van der Waals surface area contributed by atoms with Crippen LogP contribution >= 0.6 is 0 Å². The van der Waals surface area contributed by atoms with Crippen molar-refractivity contribution in [2.75, 3.05) is 19.0 Å². The first-order valence-electron chi connectivity index (χ1n) is 11.9. The van der Waals surface area contributed by atoms with Gasteiger partial charge in [0.2, 0.25) is 0 Å². The van der Waals surface area contributed by atoms with Crippen molar-refractivity contribution in [1.82, 2.24) is 0 Å². The SMILES string of the molecule is CC(=O)Oc1ccc(-c2ccc(OCc3ccc(C(F)(F)F)c(O)c3C(=O)OC(C)(C)C)cc2)c(N(C)C)c1. The summed E-state index contributed by atoms with van der Waals surface area (Å²) < 4.78 is 56.3. The van der Waals surface area contributed by atoms with Crippen molar-refractivity contribution in [2.45, 2.75) is 46.1 Å². The maximum atomic E-state index is 13.4. The van der Waals surface area contributed by atoms with Gasteiger partial charge in [-0.05, 0) is 56.7 Å². The number of rotatable bonds is 7. The summed E-state index contributed by atoms with van der Waals surface area (Å²) in [7, 11) is 3.71. The second kappa shape index (κ2) is 11.3. The van der Waals surface area contributed by atoms with Crippen molar-refractivity contribution in [1.29, 1.82) is 0 Å². The van der Waals surface area contributed by atoms with Gasteiger partial charge in [-0.3, -0.25) is 4.79 Å². The fraction of sp³-hybridized carbons (Fsp3) is 0.310. The van der Waals surface area contributed by atoms with Crippen LogP contribution in [0.25, 0.3) is 11.1 Å². The zero-order chi connectivity index (χ0) is 29.1. The average Bonchev–Trinajstić information content (AvgIpc) is 2.80. The molecule has 0 aliphatic carbocycles. The van der Waals surface area contributed by atoms with Gasteiger partial charge in [0.1, 0.15) is 35.0 Å². The normalized spacial score (nSPS) is 11.6. The van der Waals surface area contributed by atoms with Crippen molar-refractivity contribution in [3.63, 3.8) is 0 Å². The topological polar surface area (TPSA) is 85.3 Å². The second-order valence-electron chi connectivity index (χ2n) is 9.98. The van der Waals surface area contributed by atoms with Crippen LogP contribution < -0.4 is 14.4 Å². The molecule has 3 aromatic rings. The number of phenolic OH excluding ortho intramolecular Hbond substituents is 1. The van der Waals surface area contributed by atoms with E-state index in [0.717, 1.165) is 22.9 Å². The van der Waals surface area contributed by atoms with E-state index in [1.54, 1.807) is 57.2 Å². The molecule has 0 bridgehead atoms. The summed E-state index contributed by atoms with van der Waals surface area (Å²) in [6, 6.07) is 14.0. The van der Waals surface area contributed by atoms with Gasteiger partial charge in [-0.15, -0.1) is 0 Å². The first kappa shape index (κ1) is 29.3. The molecule has 1 N–H and O–H groups in total. The van der Waals surface area contributed by atoms with Gasteiger partial charge in [-0.1, -0.05) is 18.2 Å². The Morgan fingerprint density at radius 1 is 0.923 bits per heavy atom. The van der Waals surface area contributed by atoms with Gasteiger partial charge in [0, 0.05) is 43.9 Å². The first-order valence-corrected chi connectivity index (χ1v) is 11.9. The summed E-state index contributed by atoms with van der Waals surface area (Å²) >= 11 is 0. The number of ether oxygens (including phenoxy) is 3. The van der Waals surface area contributed by atoms with Crippen LogP contribution in [0.1, 0.15) is 49.2 Å². The van der Waals surface area contributed by atoms with Crippen LogP contribution in [-0.2, 0) is 22.3 Å². The molecule has 0 aliphatic heterocycles. The number of carbonyl (C=O) groups is 2. The van der Waals surface area contributed by atoms with Crippen LogP contribution in [-0.4, -0.2) is 36.7 Å². The number of hydrogen-bond acceptors (Lipinski definition) is 7. The number of aromatic hydroxyl groups is 1. The lowest BCUT2D eigenvalue weighted by Gasteiger charge is -2.22. The number of anilines is 1. The third-order valence-corrected chi connectivity index (χ3v) is 5.44. The van der Waals surface area contributed by atoms with Gasteiger partial charge in [0.25, 0.3) is 0 Å². The van der Waals surface area contributed by atoms with Gasteiger partial charge in [-0.25, -0.2) is 4.79 Å². The van der Waals surface area contributed by atoms with Crippen molar-refractivity contribution in [3.05, 3.63) is 71.3 Å². The number of esters is 2. The Bertz CT molecular complexity index is 1360. The van der Waals surface area contributed by atoms with Crippen molar-refractivity contribution < 1.29 is 42.1 Å². The van der Waals surface area contributed by atoms with Gasteiger partial charge in [0.05, 0.1) is 5.56 Å². The summed E-state index contributed by atoms with van der Waals surface area (Å²) in [6.45, 7) is 5.74. The van der Waals surface area contributed by atoms with E-state index >= 15 is 0 Å². The molecule has 0 spiro atoms. The van der Waals surface area contributed by atoms with E-state index in [1.807, 2.05) is 25.1 Å². The molecule has 0 heterocycles. The lowest BCUT2D eigenvalue weighted by molar-refractivity contribution is -0.138. The molecule has 3 aromatic carbocycles. The number of benzene rings is 3. The van der Waals surface area contributed by atoms with E-state index in [-0.39, 0.29) is 12.2 Å². The van der Waals surface area contributed by atoms with Gasteiger partial charge < -0.3 is 24.2 Å². The minimum absolute atomic E-state index is 0.0368. The maximum Gasteiger partial charge on any atom is 0.419 e. The third kappa shape index (κ3) is 7.43. The van der Waals surface area contributed by atoms with E-state index < -0.39 is 40.6 Å². The predicted molar refractivity (Wildman–Crippen MR) is 140 cm³/mol. The molecule has 208 valence electrons. The lowest BCUT2D eigenvalue weighted by atomic mass is 10.0. The molecule has 0 amide bonds. The molecular weight excluding hydrogens is 515 g/mol. The average molecular weight is 546 g/mol. The molecule has 3 rings (SSSR count). The van der Waals surface area contributed by atoms with Gasteiger partial charge >= 0.3 is 18.1 Å². The maximum absolute atomic E-state index is 13.4. The summed E-state index contributed by atoms with van der Waals surface area (Å²) in [5.41, 5.74) is -0.385. The van der Waals surface area contributed by atoms with Crippen LogP contribution in [0.5, 0.6) is 17.2 Å². The third-order valence-electron chi connectivity index (χ3n) is 5.44. The molecule has 0 radical (unpaired) electrons. The molecule has 0 atom stereocenters. The molecule has 0 saturated heterocycles. The largest absolute Gasteiger partial charge is 0.506 e. The van der Waals surface area contributed by atoms with Crippen LogP contribution in [0.3, 0.4) is 0 Å². The van der Waals surface area contributed by atoms with E-state index in [2.05, 4.69) is 0 Å². The smallest absolute Gasteiger partial charge is 0.419 e. The minimum atomic E-state index is -4.86. The Morgan fingerprint density at radius 3 is 2.08 bits per heavy atom. The van der Waals surface area contributed by atoms with Crippen molar-refractivity contribution >= 4 is 17.6 Å². The Morgan fingerprint density at radius 2 is 1.54 bits per heavy atom. The summed E-state index contributed by atoms with van der Waals surface area (Å²) in [6.07, 6.45) is -4.86. The molecule has 7 nitrogen and oxygen atoms in total. The molecule has 0 unspecified atom stereocenters. The molecule has 0 fully saturated rings. The Hall–Kier alpha value is -4.21. The highest BCUT2D eigenvalue weighted by molar-refractivity contribution is 5.95. The summed E-state index contributed by atoms with van der Waals surface area (Å²) in [5.74, 6) is -1.92. The predicted octanol–water partition coefficient (Wildman–Crippen LogP) is 6.60. The second-order valence-corrected chi connectivity index (χ2v) is 9.98. The molecular formula is C29H30F3NO6. The summed E-state index contributed by atoms with van der Waals surface area (Å²) in [5, 5.41) is 10.4. The first-order chi connectivity index (χ1) is 18.1.